The fraction of sp³-hybridized carbons (Fsp3) is 0.692. The molecule has 0 aliphatic carbocycles. The van der Waals surface area contributed by atoms with Gasteiger partial charge in [-0.15, -0.1) is 12.4 Å². The van der Waals surface area contributed by atoms with Gasteiger partial charge in [0.25, 0.3) is 0 Å². The Morgan fingerprint density at radius 2 is 1.71 bits per heavy atom. The zero-order valence-electron chi connectivity index (χ0n) is 11.5. The van der Waals surface area contributed by atoms with Gasteiger partial charge in [-0.3, -0.25) is 0 Å². The molecule has 4 nitrogen and oxygen atoms in total. The summed E-state index contributed by atoms with van der Waals surface area (Å²) in [7, 11) is 0. The summed E-state index contributed by atoms with van der Waals surface area (Å²) in [5.74, 6) is -1.07. The molecule has 1 N–H and O–H groups in total. The van der Waals surface area contributed by atoms with Gasteiger partial charge in [-0.2, -0.15) is 13.2 Å². The van der Waals surface area contributed by atoms with E-state index in [4.69, 9.17) is 0 Å². The van der Waals surface area contributed by atoms with Crippen LogP contribution < -0.4 is 10.2 Å². The SMILES string of the molecule is Cl.FC(F)(F)c1ncc(N2CCC3(CCNCC3)C2)cn1. The molecule has 3 heterocycles. The molecule has 2 saturated heterocycles. The maximum atomic E-state index is 12.4. The third-order valence-corrected chi connectivity index (χ3v) is 4.36. The summed E-state index contributed by atoms with van der Waals surface area (Å²) in [5, 5.41) is 3.35. The zero-order chi connectivity index (χ0) is 14.2. The minimum atomic E-state index is -4.47. The second-order valence-corrected chi connectivity index (χ2v) is 5.68. The Labute approximate surface area is 127 Å². The van der Waals surface area contributed by atoms with Crippen LogP contribution in [-0.2, 0) is 6.18 Å². The van der Waals surface area contributed by atoms with Gasteiger partial charge < -0.3 is 10.2 Å². The average Bonchev–Trinajstić information content (AvgIpc) is 2.83. The number of alkyl halides is 3. The largest absolute Gasteiger partial charge is 0.451 e. The number of nitrogens with zero attached hydrogens (tertiary/aromatic N) is 3. The second kappa shape index (κ2) is 5.96. The van der Waals surface area contributed by atoms with Crippen LogP contribution in [-0.4, -0.2) is 36.1 Å². The highest BCUT2D eigenvalue weighted by Gasteiger charge is 2.39. The summed E-state index contributed by atoms with van der Waals surface area (Å²) >= 11 is 0. The van der Waals surface area contributed by atoms with Crippen LogP contribution in [0.3, 0.4) is 0 Å². The summed E-state index contributed by atoms with van der Waals surface area (Å²) in [5.41, 5.74) is 1.00. The normalized spacial score (nSPS) is 21.4. The molecule has 0 bridgehead atoms. The highest BCUT2D eigenvalue weighted by atomic mass is 35.5. The van der Waals surface area contributed by atoms with Crippen molar-refractivity contribution in [2.75, 3.05) is 31.1 Å². The Kier molecular flexibility index (Phi) is 4.63. The first-order chi connectivity index (χ1) is 9.49. The van der Waals surface area contributed by atoms with Crippen LogP contribution in [0.4, 0.5) is 18.9 Å². The van der Waals surface area contributed by atoms with Crippen molar-refractivity contribution in [3.8, 4) is 0 Å². The fourth-order valence-corrected chi connectivity index (χ4v) is 3.15. The molecule has 21 heavy (non-hydrogen) atoms. The van der Waals surface area contributed by atoms with Gasteiger partial charge in [0.15, 0.2) is 0 Å². The van der Waals surface area contributed by atoms with Crippen LogP contribution in [0.15, 0.2) is 12.4 Å². The van der Waals surface area contributed by atoms with E-state index in [-0.39, 0.29) is 12.4 Å². The van der Waals surface area contributed by atoms with E-state index in [0.29, 0.717) is 11.1 Å². The molecule has 0 atom stereocenters. The van der Waals surface area contributed by atoms with Gasteiger partial charge in [0.05, 0.1) is 18.1 Å². The molecule has 2 fully saturated rings. The molecule has 3 rings (SSSR count). The highest BCUT2D eigenvalue weighted by molar-refractivity contribution is 5.85. The Morgan fingerprint density at radius 3 is 2.29 bits per heavy atom. The summed E-state index contributed by atoms with van der Waals surface area (Å²) < 4.78 is 37.3. The fourth-order valence-electron chi connectivity index (χ4n) is 3.15. The highest BCUT2D eigenvalue weighted by Crippen LogP contribution is 2.40. The number of piperidine rings is 1. The molecular formula is C13H18ClF3N4. The first-order valence-corrected chi connectivity index (χ1v) is 6.84. The molecule has 0 amide bonds. The second-order valence-electron chi connectivity index (χ2n) is 5.68. The Hall–Kier alpha value is -1.08. The van der Waals surface area contributed by atoms with Gasteiger partial charge >= 0.3 is 6.18 Å². The number of hydrogen-bond donors (Lipinski definition) is 1. The summed E-state index contributed by atoms with van der Waals surface area (Å²) in [4.78, 5) is 8.98. The van der Waals surface area contributed by atoms with Crippen LogP contribution in [0.5, 0.6) is 0 Å². The van der Waals surface area contributed by atoms with Crippen molar-refractivity contribution < 1.29 is 13.2 Å². The number of anilines is 1. The molecule has 118 valence electrons. The van der Waals surface area contributed by atoms with Crippen molar-refractivity contribution in [1.29, 1.82) is 0 Å². The Morgan fingerprint density at radius 1 is 1.10 bits per heavy atom. The average molecular weight is 323 g/mol. The number of aromatic nitrogens is 2. The number of nitrogens with one attached hydrogen (secondary N) is 1. The maximum Gasteiger partial charge on any atom is 0.451 e. The Balaban J connectivity index is 0.00000161. The van der Waals surface area contributed by atoms with Crippen molar-refractivity contribution in [3.63, 3.8) is 0 Å². The monoisotopic (exact) mass is 322 g/mol. The van der Waals surface area contributed by atoms with E-state index >= 15 is 0 Å². The molecule has 8 heteroatoms. The van der Waals surface area contributed by atoms with Crippen molar-refractivity contribution in [2.24, 2.45) is 5.41 Å². The number of halogens is 4. The Bertz CT molecular complexity index is 471. The molecule has 1 spiro atoms. The number of hydrogen-bond acceptors (Lipinski definition) is 4. The molecule has 0 unspecified atom stereocenters. The van der Waals surface area contributed by atoms with E-state index < -0.39 is 12.0 Å². The molecular weight excluding hydrogens is 305 g/mol. The lowest BCUT2D eigenvalue weighted by Crippen LogP contribution is -2.38. The topological polar surface area (TPSA) is 41.1 Å². The van der Waals surface area contributed by atoms with E-state index in [0.717, 1.165) is 45.4 Å². The third kappa shape index (κ3) is 3.40. The summed E-state index contributed by atoms with van der Waals surface area (Å²) in [6, 6.07) is 0. The predicted molar refractivity (Wildman–Crippen MR) is 75.6 cm³/mol. The molecule has 1 aromatic rings. The lowest BCUT2D eigenvalue weighted by Gasteiger charge is -2.33. The van der Waals surface area contributed by atoms with E-state index in [9.17, 15) is 13.2 Å². The first kappa shape index (κ1) is 16.3. The minimum Gasteiger partial charge on any atom is -0.368 e. The van der Waals surface area contributed by atoms with Crippen LogP contribution in [0.2, 0.25) is 0 Å². The smallest absolute Gasteiger partial charge is 0.368 e. The lowest BCUT2D eigenvalue weighted by molar-refractivity contribution is -0.144. The van der Waals surface area contributed by atoms with E-state index in [1.54, 1.807) is 0 Å². The van der Waals surface area contributed by atoms with E-state index in [2.05, 4.69) is 20.2 Å². The first-order valence-electron chi connectivity index (χ1n) is 6.84. The lowest BCUT2D eigenvalue weighted by atomic mass is 9.78. The van der Waals surface area contributed by atoms with Crippen LogP contribution in [0.25, 0.3) is 0 Å². The quantitative estimate of drug-likeness (QED) is 0.862. The maximum absolute atomic E-state index is 12.4. The van der Waals surface area contributed by atoms with Gasteiger partial charge in [0.2, 0.25) is 5.82 Å². The standard InChI is InChI=1S/C13H17F3N4.ClH/c14-13(15,16)11-18-7-10(8-19-11)20-6-3-12(9-20)1-4-17-5-2-12;/h7-8,17H,1-6,9H2;1H. The molecule has 0 saturated carbocycles. The van der Waals surface area contributed by atoms with Crippen molar-refractivity contribution in [1.82, 2.24) is 15.3 Å². The van der Waals surface area contributed by atoms with Crippen molar-refractivity contribution >= 4 is 18.1 Å². The van der Waals surface area contributed by atoms with Gasteiger partial charge in [0, 0.05) is 13.1 Å². The van der Waals surface area contributed by atoms with Crippen LogP contribution in [0.1, 0.15) is 25.1 Å². The van der Waals surface area contributed by atoms with Crippen LogP contribution >= 0.6 is 12.4 Å². The van der Waals surface area contributed by atoms with E-state index in [1.165, 1.54) is 12.4 Å². The zero-order valence-corrected chi connectivity index (χ0v) is 12.3. The van der Waals surface area contributed by atoms with Gasteiger partial charge in [-0.25, -0.2) is 9.97 Å². The van der Waals surface area contributed by atoms with Crippen molar-refractivity contribution in [2.45, 2.75) is 25.4 Å². The molecule has 2 aliphatic rings. The third-order valence-electron chi connectivity index (χ3n) is 4.36. The van der Waals surface area contributed by atoms with Crippen LogP contribution in [0, 0.1) is 5.41 Å². The molecule has 0 radical (unpaired) electrons. The van der Waals surface area contributed by atoms with Gasteiger partial charge in [0.1, 0.15) is 0 Å². The minimum absolute atomic E-state index is 0. The van der Waals surface area contributed by atoms with Gasteiger partial charge in [-0.1, -0.05) is 0 Å². The van der Waals surface area contributed by atoms with Crippen molar-refractivity contribution in [3.05, 3.63) is 18.2 Å². The van der Waals surface area contributed by atoms with Gasteiger partial charge in [-0.05, 0) is 37.8 Å². The van der Waals surface area contributed by atoms with E-state index in [1.807, 2.05) is 0 Å². The summed E-state index contributed by atoms with van der Waals surface area (Å²) in [6.45, 7) is 3.81. The molecule has 2 aliphatic heterocycles. The number of rotatable bonds is 1. The summed E-state index contributed by atoms with van der Waals surface area (Å²) in [6.07, 6.45) is 1.46. The molecule has 1 aromatic heterocycles. The predicted octanol–water partition coefficient (Wildman–Crippen LogP) is 2.50. The molecule has 0 aromatic carbocycles.